The van der Waals surface area contributed by atoms with Crippen LogP contribution in [-0.4, -0.2) is 29.9 Å². The van der Waals surface area contributed by atoms with Crippen molar-refractivity contribution in [3.8, 4) is 0 Å². The summed E-state index contributed by atoms with van der Waals surface area (Å²) in [5.41, 5.74) is 2.20. The van der Waals surface area contributed by atoms with E-state index >= 15 is 0 Å². The van der Waals surface area contributed by atoms with E-state index in [0.717, 1.165) is 12.0 Å². The molecule has 1 atom stereocenters. The number of nitrogens with one attached hydrogen (secondary N) is 2. The van der Waals surface area contributed by atoms with Gasteiger partial charge in [-0.25, -0.2) is 4.79 Å². The fourth-order valence-electron chi connectivity index (χ4n) is 2.93. The molecule has 1 aromatic rings. The van der Waals surface area contributed by atoms with Gasteiger partial charge in [-0.3, -0.25) is 4.79 Å². The van der Waals surface area contributed by atoms with E-state index in [1.54, 1.807) is 17.0 Å². The molecule has 3 rings (SSSR count). The Morgan fingerprint density at radius 1 is 1.26 bits per heavy atom. The molecular formula is C17H20ClN3O2. The van der Waals surface area contributed by atoms with Crippen molar-refractivity contribution in [2.45, 2.75) is 26.3 Å². The molecule has 0 saturated carbocycles. The van der Waals surface area contributed by atoms with E-state index in [4.69, 9.17) is 11.6 Å². The monoisotopic (exact) mass is 333 g/mol. The van der Waals surface area contributed by atoms with Gasteiger partial charge in [0.1, 0.15) is 0 Å². The lowest BCUT2D eigenvalue weighted by molar-refractivity contribution is -0.125. The number of hydrogen-bond donors (Lipinski definition) is 2. The summed E-state index contributed by atoms with van der Waals surface area (Å²) in [6.45, 7) is 5.44. The first-order valence-corrected chi connectivity index (χ1v) is 8.19. The van der Waals surface area contributed by atoms with Crippen LogP contribution in [0.4, 0.5) is 4.79 Å². The first-order chi connectivity index (χ1) is 11.0. The van der Waals surface area contributed by atoms with Crippen molar-refractivity contribution in [1.82, 2.24) is 15.5 Å². The van der Waals surface area contributed by atoms with Crippen LogP contribution in [0.2, 0.25) is 5.02 Å². The molecule has 2 aliphatic rings. The molecule has 0 spiro atoms. The zero-order chi connectivity index (χ0) is 16.6. The van der Waals surface area contributed by atoms with Gasteiger partial charge in [0.15, 0.2) is 0 Å². The van der Waals surface area contributed by atoms with Gasteiger partial charge in [-0.1, -0.05) is 37.6 Å². The molecule has 2 heterocycles. The van der Waals surface area contributed by atoms with E-state index < -0.39 is 6.04 Å². The molecule has 0 bridgehead atoms. The highest BCUT2D eigenvalue weighted by atomic mass is 35.5. The molecule has 0 aliphatic carbocycles. The smallest absolute Gasteiger partial charge is 0.319 e. The molecule has 6 heteroatoms. The Hall–Kier alpha value is -2.01. The second-order valence-electron chi connectivity index (χ2n) is 6.38. The highest BCUT2D eigenvalue weighted by Crippen LogP contribution is 2.33. The fraction of sp³-hybridized carbons (Fsp3) is 0.412. The van der Waals surface area contributed by atoms with Crippen LogP contribution in [0.15, 0.2) is 35.5 Å². The first kappa shape index (κ1) is 15.9. The number of urea groups is 1. The minimum atomic E-state index is -0.424. The summed E-state index contributed by atoms with van der Waals surface area (Å²) < 4.78 is 0. The number of carbonyl (C=O) groups excluding carboxylic acids is 2. The van der Waals surface area contributed by atoms with E-state index in [2.05, 4.69) is 24.5 Å². The van der Waals surface area contributed by atoms with Crippen molar-refractivity contribution >= 4 is 23.5 Å². The van der Waals surface area contributed by atoms with Crippen LogP contribution in [0.25, 0.3) is 0 Å². The minimum absolute atomic E-state index is 0.00639. The summed E-state index contributed by atoms with van der Waals surface area (Å²) in [6, 6.07) is 6.51. The molecular weight excluding hydrogens is 314 g/mol. The molecule has 0 fully saturated rings. The predicted octanol–water partition coefficient (Wildman–Crippen LogP) is 2.84. The van der Waals surface area contributed by atoms with Gasteiger partial charge in [0.05, 0.1) is 23.9 Å². The van der Waals surface area contributed by atoms with Crippen LogP contribution in [0.3, 0.4) is 0 Å². The molecule has 1 aromatic carbocycles. The second kappa shape index (κ2) is 6.24. The standard InChI is InChI=1S/C17H20ClN3O2/c1-10(2)7-8-21-9-13-14(16(21)22)15(20-17(23)19-13)11-3-5-12(18)6-4-11/h3-6,10,15H,7-9H2,1-2H3,(H2,19,20,23). The normalized spacial score (nSPS) is 20.7. The van der Waals surface area contributed by atoms with Crippen molar-refractivity contribution in [2.75, 3.05) is 13.1 Å². The van der Waals surface area contributed by atoms with Gasteiger partial charge in [-0.15, -0.1) is 0 Å². The molecule has 5 nitrogen and oxygen atoms in total. The van der Waals surface area contributed by atoms with Gasteiger partial charge < -0.3 is 15.5 Å². The summed E-state index contributed by atoms with van der Waals surface area (Å²) >= 11 is 5.93. The zero-order valence-corrected chi connectivity index (χ0v) is 14.0. The fourth-order valence-corrected chi connectivity index (χ4v) is 3.05. The van der Waals surface area contributed by atoms with Crippen molar-refractivity contribution in [3.05, 3.63) is 46.1 Å². The lowest BCUT2D eigenvalue weighted by Gasteiger charge is -2.25. The third-order valence-corrected chi connectivity index (χ3v) is 4.45. The molecule has 1 unspecified atom stereocenters. The van der Waals surface area contributed by atoms with Gasteiger partial charge in [0, 0.05) is 11.6 Å². The molecule has 0 aromatic heterocycles. The molecule has 0 radical (unpaired) electrons. The zero-order valence-electron chi connectivity index (χ0n) is 13.2. The van der Waals surface area contributed by atoms with Crippen LogP contribution in [0, 0.1) is 5.92 Å². The predicted molar refractivity (Wildman–Crippen MR) is 88.9 cm³/mol. The molecule has 0 saturated heterocycles. The molecule has 3 amide bonds. The maximum atomic E-state index is 12.8. The maximum absolute atomic E-state index is 12.8. The third-order valence-electron chi connectivity index (χ3n) is 4.20. The number of rotatable bonds is 4. The summed E-state index contributed by atoms with van der Waals surface area (Å²) in [6.07, 6.45) is 0.944. The van der Waals surface area contributed by atoms with Crippen molar-refractivity contribution in [2.24, 2.45) is 5.92 Å². The topological polar surface area (TPSA) is 61.4 Å². The van der Waals surface area contributed by atoms with Crippen LogP contribution in [0.5, 0.6) is 0 Å². The van der Waals surface area contributed by atoms with Crippen molar-refractivity contribution in [3.63, 3.8) is 0 Å². The Balaban J connectivity index is 1.87. The minimum Gasteiger partial charge on any atom is -0.333 e. The van der Waals surface area contributed by atoms with Gasteiger partial charge in [0.25, 0.3) is 5.91 Å². The highest BCUT2D eigenvalue weighted by molar-refractivity contribution is 6.30. The van der Waals surface area contributed by atoms with Gasteiger partial charge >= 0.3 is 6.03 Å². The Labute approximate surface area is 140 Å². The number of carbonyl (C=O) groups is 2. The number of halogens is 1. The molecule has 122 valence electrons. The average molecular weight is 334 g/mol. The first-order valence-electron chi connectivity index (χ1n) is 7.81. The Kier molecular flexibility index (Phi) is 4.31. The van der Waals surface area contributed by atoms with Gasteiger partial charge in [-0.2, -0.15) is 0 Å². The van der Waals surface area contributed by atoms with Gasteiger partial charge in [-0.05, 0) is 30.0 Å². The van der Waals surface area contributed by atoms with E-state index in [1.807, 2.05) is 12.1 Å². The maximum Gasteiger partial charge on any atom is 0.319 e. The number of nitrogens with zero attached hydrogens (tertiary/aromatic N) is 1. The second-order valence-corrected chi connectivity index (χ2v) is 6.82. The molecule has 2 N–H and O–H groups in total. The summed E-state index contributed by atoms with van der Waals surface area (Å²) in [5, 5.41) is 6.24. The Morgan fingerprint density at radius 2 is 1.96 bits per heavy atom. The average Bonchev–Trinajstić information content (AvgIpc) is 2.81. The third kappa shape index (κ3) is 3.20. The quantitative estimate of drug-likeness (QED) is 0.890. The van der Waals surface area contributed by atoms with Crippen LogP contribution in [0.1, 0.15) is 31.9 Å². The highest BCUT2D eigenvalue weighted by Gasteiger charge is 2.40. The SMILES string of the molecule is CC(C)CCN1CC2=C(C1=O)C(c1ccc(Cl)cc1)NC(=O)N2. The van der Waals surface area contributed by atoms with Crippen LogP contribution in [-0.2, 0) is 4.79 Å². The van der Waals surface area contributed by atoms with E-state index in [9.17, 15) is 9.59 Å². The van der Waals surface area contributed by atoms with Crippen LogP contribution >= 0.6 is 11.6 Å². The Morgan fingerprint density at radius 3 is 2.61 bits per heavy atom. The van der Waals surface area contributed by atoms with Crippen LogP contribution < -0.4 is 10.6 Å². The van der Waals surface area contributed by atoms with E-state index in [0.29, 0.717) is 35.3 Å². The number of hydrogen-bond acceptors (Lipinski definition) is 2. The largest absolute Gasteiger partial charge is 0.333 e. The van der Waals surface area contributed by atoms with Crippen molar-refractivity contribution < 1.29 is 9.59 Å². The van der Waals surface area contributed by atoms with E-state index in [-0.39, 0.29) is 11.9 Å². The summed E-state index contributed by atoms with van der Waals surface area (Å²) in [4.78, 5) is 26.5. The van der Waals surface area contributed by atoms with Crippen molar-refractivity contribution in [1.29, 1.82) is 0 Å². The van der Waals surface area contributed by atoms with Gasteiger partial charge in [0.2, 0.25) is 0 Å². The molecule has 2 aliphatic heterocycles. The number of benzene rings is 1. The summed E-state index contributed by atoms with van der Waals surface area (Å²) in [7, 11) is 0. The lowest BCUT2D eigenvalue weighted by atomic mass is 9.96. The lowest BCUT2D eigenvalue weighted by Crippen LogP contribution is -2.44. The Bertz CT molecular complexity index is 667. The van der Waals surface area contributed by atoms with E-state index in [1.165, 1.54) is 0 Å². The molecule has 23 heavy (non-hydrogen) atoms. The number of amides is 3. The summed E-state index contributed by atoms with van der Waals surface area (Å²) in [5.74, 6) is 0.522.